The molecule has 18 heavy (non-hydrogen) atoms. The van der Waals surface area contributed by atoms with Crippen LogP contribution in [0.1, 0.15) is 46.5 Å². The monoisotopic (exact) mass is 258 g/mol. The fourth-order valence-corrected chi connectivity index (χ4v) is 1.87. The minimum atomic E-state index is -0.819. The van der Waals surface area contributed by atoms with Crippen LogP contribution < -0.4 is 11.1 Å². The standard InChI is InChI=1S/C13H26N2O3/c1-4-11(14)7-12(16)15-8-10(5-9(2)3)6-13(17)18/h9-11H,4-8,14H2,1-3H3,(H,15,16)(H,17,18). The van der Waals surface area contributed by atoms with E-state index >= 15 is 0 Å². The number of carboxylic acid groups (broad SMARTS) is 1. The Morgan fingerprint density at radius 1 is 1.28 bits per heavy atom. The molecule has 0 bridgehead atoms. The van der Waals surface area contributed by atoms with Gasteiger partial charge in [-0.25, -0.2) is 0 Å². The maximum atomic E-state index is 11.5. The van der Waals surface area contributed by atoms with Gasteiger partial charge in [0.15, 0.2) is 0 Å². The Hall–Kier alpha value is -1.10. The van der Waals surface area contributed by atoms with Gasteiger partial charge in [0.1, 0.15) is 0 Å². The van der Waals surface area contributed by atoms with Gasteiger partial charge in [-0.15, -0.1) is 0 Å². The molecule has 0 aromatic carbocycles. The molecule has 0 saturated carbocycles. The molecule has 0 rings (SSSR count). The van der Waals surface area contributed by atoms with Crippen molar-refractivity contribution in [1.82, 2.24) is 5.32 Å². The van der Waals surface area contributed by atoms with Gasteiger partial charge < -0.3 is 16.2 Å². The molecule has 0 radical (unpaired) electrons. The third-order valence-electron chi connectivity index (χ3n) is 2.83. The molecule has 0 spiro atoms. The highest BCUT2D eigenvalue weighted by atomic mass is 16.4. The molecule has 0 aliphatic heterocycles. The summed E-state index contributed by atoms with van der Waals surface area (Å²) in [6.45, 7) is 6.44. The average Bonchev–Trinajstić information content (AvgIpc) is 2.24. The molecular weight excluding hydrogens is 232 g/mol. The van der Waals surface area contributed by atoms with E-state index in [1.165, 1.54) is 0 Å². The van der Waals surface area contributed by atoms with Gasteiger partial charge in [0, 0.05) is 25.4 Å². The van der Waals surface area contributed by atoms with Crippen molar-refractivity contribution in [3.8, 4) is 0 Å². The summed E-state index contributed by atoms with van der Waals surface area (Å²) in [5.41, 5.74) is 5.69. The summed E-state index contributed by atoms with van der Waals surface area (Å²) in [6.07, 6.45) is 1.96. The highest BCUT2D eigenvalue weighted by Crippen LogP contribution is 2.14. The molecule has 0 aliphatic carbocycles. The summed E-state index contributed by atoms with van der Waals surface area (Å²) in [5.74, 6) is -0.503. The zero-order valence-electron chi connectivity index (χ0n) is 11.6. The smallest absolute Gasteiger partial charge is 0.303 e. The molecule has 0 fully saturated rings. The van der Waals surface area contributed by atoms with Crippen molar-refractivity contribution < 1.29 is 14.7 Å². The summed E-state index contributed by atoms with van der Waals surface area (Å²) in [5, 5.41) is 11.6. The zero-order valence-corrected chi connectivity index (χ0v) is 11.6. The zero-order chi connectivity index (χ0) is 14.1. The molecule has 5 nitrogen and oxygen atoms in total. The predicted octanol–water partition coefficient (Wildman–Crippen LogP) is 1.37. The van der Waals surface area contributed by atoms with Crippen LogP contribution in [-0.2, 0) is 9.59 Å². The molecular formula is C13H26N2O3. The topological polar surface area (TPSA) is 92.4 Å². The Balaban J connectivity index is 4.08. The number of carboxylic acids is 1. The molecule has 5 heteroatoms. The van der Waals surface area contributed by atoms with Crippen molar-refractivity contribution >= 4 is 11.9 Å². The maximum absolute atomic E-state index is 11.5. The Morgan fingerprint density at radius 3 is 2.33 bits per heavy atom. The Kier molecular flexibility index (Phi) is 8.37. The van der Waals surface area contributed by atoms with Crippen LogP contribution in [0.4, 0.5) is 0 Å². The van der Waals surface area contributed by atoms with Crippen molar-refractivity contribution in [1.29, 1.82) is 0 Å². The Morgan fingerprint density at radius 2 is 1.89 bits per heavy atom. The molecule has 0 saturated heterocycles. The number of amides is 1. The van der Waals surface area contributed by atoms with Gasteiger partial charge in [0.05, 0.1) is 0 Å². The minimum Gasteiger partial charge on any atom is -0.481 e. The van der Waals surface area contributed by atoms with E-state index in [0.717, 1.165) is 12.8 Å². The lowest BCUT2D eigenvalue weighted by molar-refractivity contribution is -0.138. The van der Waals surface area contributed by atoms with Gasteiger partial charge in [0.25, 0.3) is 0 Å². The van der Waals surface area contributed by atoms with E-state index in [4.69, 9.17) is 10.8 Å². The van der Waals surface area contributed by atoms with Crippen LogP contribution in [0.3, 0.4) is 0 Å². The summed E-state index contributed by atoms with van der Waals surface area (Å²) >= 11 is 0. The lowest BCUT2D eigenvalue weighted by atomic mass is 9.94. The molecule has 0 aliphatic rings. The molecule has 0 aromatic heterocycles. The van der Waals surface area contributed by atoms with E-state index in [-0.39, 0.29) is 24.3 Å². The van der Waals surface area contributed by atoms with Crippen LogP contribution in [0.5, 0.6) is 0 Å². The number of hydrogen-bond acceptors (Lipinski definition) is 3. The van der Waals surface area contributed by atoms with Gasteiger partial charge in [-0.3, -0.25) is 9.59 Å². The van der Waals surface area contributed by atoms with Crippen LogP contribution in [0.15, 0.2) is 0 Å². The number of hydrogen-bond donors (Lipinski definition) is 3. The van der Waals surface area contributed by atoms with Crippen LogP contribution in [0, 0.1) is 11.8 Å². The van der Waals surface area contributed by atoms with Crippen molar-refractivity contribution in [3.05, 3.63) is 0 Å². The SMILES string of the molecule is CCC(N)CC(=O)NCC(CC(=O)O)CC(C)C. The molecule has 2 unspecified atom stereocenters. The van der Waals surface area contributed by atoms with E-state index in [1.807, 2.05) is 20.8 Å². The molecule has 106 valence electrons. The number of carbonyl (C=O) groups is 2. The van der Waals surface area contributed by atoms with Gasteiger partial charge in [-0.2, -0.15) is 0 Å². The van der Waals surface area contributed by atoms with Crippen LogP contribution >= 0.6 is 0 Å². The van der Waals surface area contributed by atoms with Crippen molar-refractivity contribution in [2.24, 2.45) is 17.6 Å². The quantitative estimate of drug-likeness (QED) is 0.582. The number of carbonyl (C=O) groups excluding carboxylic acids is 1. The van der Waals surface area contributed by atoms with E-state index in [1.54, 1.807) is 0 Å². The first kappa shape index (κ1) is 16.9. The first-order valence-corrected chi connectivity index (χ1v) is 6.59. The highest BCUT2D eigenvalue weighted by Gasteiger charge is 2.16. The second kappa shape index (κ2) is 8.91. The third kappa shape index (κ3) is 8.98. The second-order valence-electron chi connectivity index (χ2n) is 5.27. The molecule has 0 aromatic rings. The van der Waals surface area contributed by atoms with E-state index in [2.05, 4.69) is 5.32 Å². The minimum absolute atomic E-state index is 0.00991. The molecule has 4 N–H and O–H groups in total. The highest BCUT2D eigenvalue weighted by molar-refractivity contribution is 5.76. The van der Waals surface area contributed by atoms with Gasteiger partial charge in [-0.1, -0.05) is 20.8 Å². The molecule has 2 atom stereocenters. The average molecular weight is 258 g/mol. The number of nitrogens with one attached hydrogen (secondary N) is 1. The summed E-state index contributed by atoms with van der Waals surface area (Å²) in [4.78, 5) is 22.3. The largest absolute Gasteiger partial charge is 0.481 e. The summed E-state index contributed by atoms with van der Waals surface area (Å²) < 4.78 is 0. The number of nitrogens with two attached hydrogens (primary N) is 1. The van der Waals surface area contributed by atoms with E-state index < -0.39 is 5.97 Å². The van der Waals surface area contributed by atoms with E-state index in [0.29, 0.717) is 18.9 Å². The van der Waals surface area contributed by atoms with Crippen molar-refractivity contribution in [2.75, 3.05) is 6.54 Å². The Bertz CT molecular complexity index is 267. The van der Waals surface area contributed by atoms with Crippen molar-refractivity contribution in [2.45, 2.75) is 52.5 Å². The number of aliphatic carboxylic acids is 1. The maximum Gasteiger partial charge on any atom is 0.303 e. The molecule has 1 amide bonds. The van der Waals surface area contributed by atoms with Crippen LogP contribution in [-0.4, -0.2) is 29.6 Å². The summed E-state index contributed by atoms with van der Waals surface area (Å²) in [6, 6.07) is -0.118. The van der Waals surface area contributed by atoms with Gasteiger partial charge in [0.2, 0.25) is 5.91 Å². The fourth-order valence-electron chi connectivity index (χ4n) is 1.87. The second-order valence-corrected chi connectivity index (χ2v) is 5.27. The van der Waals surface area contributed by atoms with Crippen LogP contribution in [0.25, 0.3) is 0 Å². The Labute approximate surface area is 109 Å². The fraction of sp³-hybridized carbons (Fsp3) is 0.846. The third-order valence-corrected chi connectivity index (χ3v) is 2.83. The van der Waals surface area contributed by atoms with Crippen molar-refractivity contribution in [3.63, 3.8) is 0 Å². The van der Waals surface area contributed by atoms with Gasteiger partial charge in [-0.05, 0) is 24.7 Å². The first-order chi connectivity index (χ1) is 8.35. The van der Waals surface area contributed by atoms with Crippen LogP contribution in [0.2, 0.25) is 0 Å². The lowest BCUT2D eigenvalue weighted by Gasteiger charge is -2.18. The normalized spacial score (nSPS) is 14.3. The van der Waals surface area contributed by atoms with E-state index in [9.17, 15) is 9.59 Å². The predicted molar refractivity (Wildman–Crippen MR) is 71.1 cm³/mol. The summed E-state index contributed by atoms with van der Waals surface area (Å²) in [7, 11) is 0. The first-order valence-electron chi connectivity index (χ1n) is 6.59. The lowest BCUT2D eigenvalue weighted by Crippen LogP contribution is -2.35. The number of rotatable bonds is 9. The van der Waals surface area contributed by atoms with Gasteiger partial charge >= 0.3 is 5.97 Å². The molecule has 0 heterocycles.